The maximum Gasteiger partial charge on any atom is 0.237 e. The Morgan fingerprint density at radius 1 is 1.65 bits per heavy atom. The van der Waals surface area contributed by atoms with Gasteiger partial charge in [0.1, 0.15) is 0 Å². The Labute approximate surface area is 117 Å². The molecule has 0 unspecified atom stereocenters. The third kappa shape index (κ3) is 5.55. The van der Waals surface area contributed by atoms with Crippen LogP contribution in [0.15, 0.2) is 24.8 Å². The van der Waals surface area contributed by atoms with Crippen molar-refractivity contribution in [2.75, 3.05) is 20.1 Å². The Balaban J connectivity index is 0.00000256. The third-order valence-electron chi connectivity index (χ3n) is 2.01. The van der Waals surface area contributed by atoms with Gasteiger partial charge in [-0.15, -0.1) is 30.3 Å². The number of likely N-dealkylation sites (N-methyl/N-ethyl adjacent to an activating group) is 1. The van der Waals surface area contributed by atoms with E-state index >= 15 is 0 Å². The highest BCUT2D eigenvalue weighted by Crippen LogP contribution is 2.22. The maximum absolute atomic E-state index is 11.7. The molecule has 6 heteroatoms. The van der Waals surface area contributed by atoms with Crippen molar-refractivity contribution in [3.05, 3.63) is 34.0 Å². The van der Waals surface area contributed by atoms with E-state index in [4.69, 9.17) is 11.6 Å². The van der Waals surface area contributed by atoms with E-state index in [0.717, 1.165) is 9.21 Å². The molecule has 0 atom stereocenters. The first-order valence-corrected chi connectivity index (χ1v) is 6.14. The van der Waals surface area contributed by atoms with Crippen molar-refractivity contribution in [1.82, 2.24) is 10.2 Å². The van der Waals surface area contributed by atoms with Gasteiger partial charge in [-0.2, -0.15) is 0 Å². The van der Waals surface area contributed by atoms with Crippen LogP contribution in [0, 0.1) is 0 Å². The molecule has 0 saturated carbocycles. The molecule has 0 fully saturated rings. The number of hydrogen-bond acceptors (Lipinski definition) is 3. The summed E-state index contributed by atoms with van der Waals surface area (Å²) in [7, 11) is 1.76. The van der Waals surface area contributed by atoms with Gasteiger partial charge in [0.2, 0.25) is 5.91 Å². The second kappa shape index (κ2) is 8.53. The third-order valence-corrected chi connectivity index (χ3v) is 3.22. The molecule has 0 radical (unpaired) electrons. The minimum Gasteiger partial charge on any atom is -0.333 e. The summed E-state index contributed by atoms with van der Waals surface area (Å²) in [6.07, 6.45) is 1.72. The summed E-state index contributed by atoms with van der Waals surface area (Å²) in [4.78, 5) is 14.6. The van der Waals surface area contributed by atoms with Crippen molar-refractivity contribution in [1.29, 1.82) is 0 Å². The first kappa shape index (κ1) is 16.4. The van der Waals surface area contributed by atoms with Crippen molar-refractivity contribution in [2.45, 2.75) is 6.54 Å². The van der Waals surface area contributed by atoms with E-state index in [0.29, 0.717) is 19.6 Å². The van der Waals surface area contributed by atoms with Crippen molar-refractivity contribution in [3.63, 3.8) is 0 Å². The molecule has 0 spiro atoms. The Kier molecular flexibility index (Phi) is 8.25. The molecular weight excluding hydrogens is 279 g/mol. The van der Waals surface area contributed by atoms with Crippen LogP contribution in [-0.4, -0.2) is 30.9 Å². The lowest BCUT2D eigenvalue weighted by Gasteiger charge is -2.20. The Bertz CT molecular complexity index is 368. The molecule has 0 aliphatic carbocycles. The van der Waals surface area contributed by atoms with Crippen LogP contribution in [0.1, 0.15) is 4.88 Å². The maximum atomic E-state index is 11.7. The smallest absolute Gasteiger partial charge is 0.237 e. The number of rotatable bonds is 6. The summed E-state index contributed by atoms with van der Waals surface area (Å²) < 4.78 is 0.745. The van der Waals surface area contributed by atoms with Gasteiger partial charge in [-0.3, -0.25) is 4.79 Å². The summed E-state index contributed by atoms with van der Waals surface area (Å²) in [5.41, 5.74) is 0. The van der Waals surface area contributed by atoms with Crippen molar-refractivity contribution in [2.24, 2.45) is 0 Å². The number of carbonyl (C=O) groups excluding carboxylic acids is 1. The highest BCUT2D eigenvalue weighted by molar-refractivity contribution is 7.16. The molecule has 1 rings (SSSR count). The van der Waals surface area contributed by atoms with Gasteiger partial charge in [0.05, 0.1) is 17.4 Å². The molecule has 0 aliphatic rings. The number of halogens is 2. The molecule has 1 N–H and O–H groups in total. The van der Waals surface area contributed by atoms with E-state index in [1.165, 1.54) is 11.3 Å². The van der Waals surface area contributed by atoms with Gasteiger partial charge < -0.3 is 10.2 Å². The summed E-state index contributed by atoms with van der Waals surface area (Å²) in [6, 6.07) is 3.78. The lowest BCUT2D eigenvalue weighted by molar-refractivity contribution is -0.130. The van der Waals surface area contributed by atoms with E-state index in [2.05, 4.69) is 11.9 Å². The lowest BCUT2D eigenvalue weighted by Crippen LogP contribution is -2.36. The largest absolute Gasteiger partial charge is 0.333 e. The average molecular weight is 295 g/mol. The van der Waals surface area contributed by atoms with Crippen molar-refractivity contribution >= 4 is 41.3 Å². The zero-order valence-corrected chi connectivity index (χ0v) is 12.0. The number of hydrogen-bond donors (Lipinski definition) is 1. The molecular formula is C11H16Cl2N2OS. The summed E-state index contributed by atoms with van der Waals surface area (Å²) in [5.74, 6) is 0.0620. The summed E-state index contributed by atoms with van der Waals surface area (Å²) >= 11 is 7.34. The highest BCUT2D eigenvalue weighted by Gasteiger charge is 2.12. The normalized spacial score (nSPS) is 9.53. The molecule has 0 aromatic carbocycles. The molecule has 1 heterocycles. The van der Waals surface area contributed by atoms with Crippen LogP contribution in [0.5, 0.6) is 0 Å². The van der Waals surface area contributed by atoms with Crippen LogP contribution < -0.4 is 5.32 Å². The second-order valence-corrected chi connectivity index (χ2v) is 5.10. The van der Waals surface area contributed by atoms with Crippen molar-refractivity contribution < 1.29 is 4.79 Å². The first-order valence-electron chi connectivity index (χ1n) is 4.95. The molecule has 3 nitrogen and oxygen atoms in total. The Morgan fingerprint density at radius 2 is 2.35 bits per heavy atom. The predicted molar refractivity (Wildman–Crippen MR) is 76.1 cm³/mol. The van der Waals surface area contributed by atoms with Gasteiger partial charge in [0.15, 0.2) is 0 Å². The Morgan fingerprint density at radius 3 is 2.82 bits per heavy atom. The molecule has 17 heavy (non-hydrogen) atoms. The van der Waals surface area contributed by atoms with Crippen molar-refractivity contribution in [3.8, 4) is 0 Å². The zero-order chi connectivity index (χ0) is 12.0. The minimum atomic E-state index is 0. The fourth-order valence-corrected chi connectivity index (χ4v) is 2.40. The van der Waals surface area contributed by atoms with Gasteiger partial charge in [-0.25, -0.2) is 0 Å². The zero-order valence-electron chi connectivity index (χ0n) is 9.61. The van der Waals surface area contributed by atoms with E-state index in [9.17, 15) is 4.79 Å². The molecule has 0 bridgehead atoms. The summed E-state index contributed by atoms with van der Waals surface area (Å²) in [5, 5.41) is 2.85. The van der Waals surface area contributed by atoms with E-state index in [1.807, 2.05) is 12.1 Å². The average Bonchev–Trinajstić information content (AvgIpc) is 2.64. The van der Waals surface area contributed by atoms with Gasteiger partial charge in [0, 0.05) is 11.4 Å². The van der Waals surface area contributed by atoms with Crippen LogP contribution in [0.25, 0.3) is 0 Å². The number of carbonyl (C=O) groups is 1. The van der Waals surface area contributed by atoms with E-state index < -0.39 is 0 Å². The van der Waals surface area contributed by atoms with Gasteiger partial charge in [-0.05, 0) is 19.2 Å². The fraction of sp³-hybridized carbons (Fsp3) is 0.364. The monoisotopic (exact) mass is 294 g/mol. The van der Waals surface area contributed by atoms with Crippen LogP contribution >= 0.6 is 35.3 Å². The minimum absolute atomic E-state index is 0. The standard InChI is InChI=1S/C11H15ClN2OS.ClH/c1-3-6-14(11(15)7-13-2)8-9-4-5-10(12)16-9;/h3-5,13H,1,6-8H2,2H3;1H. The summed E-state index contributed by atoms with van der Waals surface area (Å²) in [6.45, 7) is 5.13. The van der Waals surface area contributed by atoms with Gasteiger partial charge in [0.25, 0.3) is 0 Å². The highest BCUT2D eigenvalue weighted by atomic mass is 35.5. The van der Waals surface area contributed by atoms with Crippen LogP contribution in [0.2, 0.25) is 4.34 Å². The molecule has 96 valence electrons. The number of nitrogens with one attached hydrogen (secondary N) is 1. The molecule has 1 amide bonds. The molecule has 1 aromatic rings. The van der Waals surface area contributed by atoms with Gasteiger partial charge in [-0.1, -0.05) is 17.7 Å². The van der Waals surface area contributed by atoms with Crippen LogP contribution in [0.4, 0.5) is 0 Å². The van der Waals surface area contributed by atoms with Crippen LogP contribution in [-0.2, 0) is 11.3 Å². The number of amides is 1. The first-order chi connectivity index (χ1) is 7.67. The van der Waals surface area contributed by atoms with E-state index in [1.54, 1.807) is 18.0 Å². The molecule has 0 aliphatic heterocycles. The number of thiophene rings is 1. The number of nitrogens with zero attached hydrogens (tertiary/aromatic N) is 1. The molecule has 0 saturated heterocycles. The fourth-order valence-electron chi connectivity index (χ4n) is 1.30. The molecule has 1 aromatic heterocycles. The van der Waals surface area contributed by atoms with E-state index in [-0.39, 0.29) is 18.3 Å². The van der Waals surface area contributed by atoms with Crippen LogP contribution in [0.3, 0.4) is 0 Å². The lowest BCUT2D eigenvalue weighted by atomic mass is 10.3. The second-order valence-electron chi connectivity index (χ2n) is 3.30. The van der Waals surface area contributed by atoms with Gasteiger partial charge >= 0.3 is 0 Å². The SMILES string of the molecule is C=CCN(Cc1ccc(Cl)s1)C(=O)CNC.Cl. The Hall–Kier alpha value is -0.550. The predicted octanol–water partition coefficient (Wildman–Crippen LogP) is 2.56. The quantitative estimate of drug-likeness (QED) is 0.818. The topological polar surface area (TPSA) is 32.3 Å².